The molecule has 0 amide bonds. The molecule has 3 rings (SSSR count). The van der Waals surface area contributed by atoms with Gasteiger partial charge in [-0.3, -0.25) is 0 Å². The van der Waals surface area contributed by atoms with Gasteiger partial charge >= 0.3 is 5.97 Å². The number of esters is 1. The second kappa shape index (κ2) is 6.08. The minimum atomic E-state index is -0.429. The lowest BCUT2D eigenvalue weighted by Crippen LogP contribution is -2.01. The molecule has 0 saturated heterocycles. The fourth-order valence-corrected chi connectivity index (χ4v) is 2.67. The highest BCUT2D eigenvalue weighted by Gasteiger charge is 2.15. The monoisotopic (exact) mass is 310 g/mol. The largest absolute Gasteiger partial charge is 0.496 e. The third-order valence-electron chi connectivity index (χ3n) is 3.77. The number of hydrogen-bond donors (Lipinski definition) is 0. The van der Waals surface area contributed by atoms with Gasteiger partial charge in [0.1, 0.15) is 11.6 Å². The number of rotatable bonds is 3. The van der Waals surface area contributed by atoms with Gasteiger partial charge in [-0.1, -0.05) is 30.3 Å². The Bertz CT molecular complexity index is 887. The van der Waals surface area contributed by atoms with Gasteiger partial charge in [0.25, 0.3) is 0 Å². The SMILES string of the molecule is COC(=O)c1ccc2cccc(-c3c(F)cccc3OC)c2c1. The maximum Gasteiger partial charge on any atom is 0.337 e. The van der Waals surface area contributed by atoms with E-state index >= 15 is 0 Å². The first-order valence-electron chi connectivity index (χ1n) is 7.09. The second-order valence-electron chi connectivity index (χ2n) is 5.05. The third-order valence-corrected chi connectivity index (χ3v) is 3.77. The molecule has 0 saturated carbocycles. The summed E-state index contributed by atoms with van der Waals surface area (Å²) in [5.41, 5.74) is 1.47. The molecule has 0 N–H and O–H groups in total. The molecule has 3 aromatic carbocycles. The zero-order valence-electron chi connectivity index (χ0n) is 12.8. The van der Waals surface area contributed by atoms with E-state index in [4.69, 9.17) is 9.47 Å². The van der Waals surface area contributed by atoms with Crippen LogP contribution < -0.4 is 4.74 Å². The second-order valence-corrected chi connectivity index (χ2v) is 5.05. The minimum absolute atomic E-state index is 0.375. The van der Waals surface area contributed by atoms with E-state index in [9.17, 15) is 9.18 Å². The van der Waals surface area contributed by atoms with Gasteiger partial charge in [0.05, 0.1) is 25.3 Å². The molecule has 4 heteroatoms. The van der Waals surface area contributed by atoms with Crippen LogP contribution in [0.4, 0.5) is 4.39 Å². The molecule has 0 spiro atoms. The summed E-state index contributed by atoms with van der Waals surface area (Å²) in [5.74, 6) is -0.358. The first-order chi connectivity index (χ1) is 11.2. The van der Waals surface area contributed by atoms with Gasteiger partial charge < -0.3 is 9.47 Å². The van der Waals surface area contributed by atoms with Crippen LogP contribution in [0, 0.1) is 5.82 Å². The van der Waals surface area contributed by atoms with Crippen molar-refractivity contribution in [2.45, 2.75) is 0 Å². The summed E-state index contributed by atoms with van der Waals surface area (Å²) in [6.45, 7) is 0. The van der Waals surface area contributed by atoms with Gasteiger partial charge in [0.15, 0.2) is 0 Å². The summed E-state index contributed by atoms with van der Waals surface area (Å²) in [5, 5.41) is 1.67. The molecule has 0 heterocycles. The van der Waals surface area contributed by atoms with Gasteiger partial charge in [-0.25, -0.2) is 9.18 Å². The van der Waals surface area contributed by atoms with Gasteiger partial charge in [-0.2, -0.15) is 0 Å². The van der Waals surface area contributed by atoms with E-state index in [0.717, 1.165) is 10.8 Å². The number of methoxy groups -OCH3 is 2. The molecule has 0 aromatic heterocycles. The van der Waals surface area contributed by atoms with Crippen molar-refractivity contribution in [3.63, 3.8) is 0 Å². The summed E-state index contributed by atoms with van der Waals surface area (Å²) in [4.78, 5) is 11.8. The molecule has 0 unspecified atom stereocenters. The number of carbonyl (C=O) groups excluding carboxylic acids is 1. The first-order valence-corrected chi connectivity index (χ1v) is 7.09. The molecular weight excluding hydrogens is 295 g/mol. The smallest absolute Gasteiger partial charge is 0.337 e. The topological polar surface area (TPSA) is 35.5 Å². The highest BCUT2D eigenvalue weighted by Crippen LogP contribution is 2.37. The molecule has 0 aliphatic heterocycles. The van der Waals surface area contributed by atoms with Crippen LogP contribution in [0.25, 0.3) is 21.9 Å². The average Bonchev–Trinajstić information content (AvgIpc) is 2.60. The molecule has 0 aliphatic carbocycles. The third kappa shape index (κ3) is 2.63. The van der Waals surface area contributed by atoms with Crippen LogP contribution in [0.5, 0.6) is 5.75 Å². The number of carbonyl (C=O) groups is 1. The fraction of sp³-hybridized carbons (Fsp3) is 0.105. The highest BCUT2D eigenvalue weighted by molar-refractivity contribution is 6.02. The molecule has 0 atom stereocenters. The Hall–Kier alpha value is -2.88. The van der Waals surface area contributed by atoms with Crippen LogP contribution in [0.1, 0.15) is 10.4 Å². The van der Waals surface area contributed by atoms with Crippen molar-refractivity contribution in [1.82, 2.24) is 0 Å². The summed E-state index contributed by atoms with van der Waals surface area (Å²) >= 11 is 0. The molecule has 0 fully saturated rings. The fourth-order valence-electron chi connectivity index (χ4n) is 2.67. The number of hydrogen-bond acceptors (Lipinski definition) is 3. The van der Waals surface area contributed by atoms with Gasteiger partial charge in [-0.15, -0.1) is 0 Å². The Morgan fingerprint density at radius 3 is 2.52 bits per heavy atom. The molecule has 3 nitrogen and oxygen atoms in total. The number of fused-ring (bicyclic) bond motifs is 1. The van der Waals surface area contributed by atoms with Crippen LogP contribution >= 0.6 is 0 Å². The van der Waals surface area contributed by atoms with Crippen LogP contribution in [0.15, 0.2) is 54.6 Å². The molecular formula is C19H15FO3. The molecule has 3 aromatic rings. The zero-order valence-corrected chi connectivity index (χ0v) is 12.8. The lowest BCUT2D eigenvalue weighted by Gasteiger charge is -2.13. The standard InChI is InChI=1S/C19H15FO3/c1-22-17-8-4-7-16(20)18(17)14-6-3-5-12-9-10-13(11-15(12)14)19(21)23-2/h3-11H,1-2H3. The van der Waals surface area contributed by atoms with Crippen LogP contribution in [-0.4, -0.2) is 20.2 Å². The normalized spacial score (nSPS) is 10.6. The van der Waals surface area contributed by atoms with Gasteiger partial charge in [0, 0.05) is 0 Å². The predicted molar refractivity (Wildman–Crippen MR) is 87.2 cm³/mol. The maximum absolute atomic E-state index is 14.4. The van der Waals surface area contributed by atoms with Crippen LogP contribution in [0.3, 0.4) is 0 Å². The van der Waals surface area contributed by atoms with Crippen molar-refractivity contribution >= 4 is 16.7 Å². The number of benzene rings is 3. The van der Waals surface area contributed by atoms with Crippen LogP contribution in [0.2, 0.25) is 0 Å². The Morgan fingerprint density at radius 1 is 1.00 bits per heavy atom. The quantitative estimate of drug-likeness (QED) is 0.671. The summed E-state index contributed by atoms with van der Waals surface area (Å²) < 4.78 is 24.5. The minimum Gasteiger partial charge on any atom is -0.496 e. The summed E-state index contributed by atoms with van der Waals surface area (Å²) in [6.07, 6.45) is 0. The zero-order chi connectivity index (χ0) is 16.4. The van der Waals surface area contributed by atoms with Gasteiger partial charge in [0.2, 0.25) is 0 Å². The lowest BCUT2D eigenvalue weighted by atomic mass is 9.95. The van der Waals surface area contributed by atoms with E-state index in [0.29, 0.717) is 22.4 Å². The number of ether oxygens (including phenoxy) is 2. The molecule has 0 bridgehead atoms. The maximum atomic E-state index is 14.4. The first kappa shape index (κ1) is 15.0. The Balaban J connectivity index is 2.32. The van der Waals surface area contributed by atoms with E-state index in [1.54, 1.807) is 24.3 Å². The molecule has 0 aliphatic rings. The van der Waals surface area contributed by atoms with Crippen molar-refractivity contribution in [3.05, 3.63) is 66.0 Å². The lowest BCUT2D eigenvalue weighted by molar-refractivity contribution is 0.0601. The summed E-state index contributed by atoms with van der Waals surface area (Å²) in [7, 11) is 2.83. The Kier molecular flexibility index (Phi) is 3.98. The highest BCUT2D eigenvalue weighted by atomic mass is 19.1. The van der Waals surface area contributed by atoms with E-state index < -0.39 is 5.97 Å². The molecule has 23 heavy (non-hydrogen) atoms. The van der Waals surface area contributed by atoms with E-state index in [1.807, 2.05) is 24.3 Å². The Morgan fingerprint density at radius 2 is 1.78 bits per heavy atom. The van der Waals surface area contributed by atoms with Crippen LogP contribution in [-0.2, 0) is 4.74 Å². The molecule has 116 valence electrons. The molecule has 0 radical (unpaired) electrons. The van der Waals surface area contributed by atoms with E-state index in [-0.39, 0.29) is 5.82 Å². The van der Waals surface area contributed by atoms with Crippen molar-refractivity contribution in [2.75, 3.05) is 14.2 Å². The van der Waals surface area contributed by atoms with Crippen molar-refractivity contribution in [1.29, 1.82) is 0 Å². The van der Waals surface area contributed by atoms with Crippen molar-refractivity contribution < 1.29 is 18.7 Å². The van der Waals surface area contributed by atoms with E-state index in [1.165, 1.54) is 20.3 Å². The van der Waals surface area contributed by atoms with Gasteiger partial charge in [-0.05, 0) is 40.6 Å². The summed E-state index contributed by atoms with van der Waals surface area (Å²) in [6, 6.07) is 15.5. The number of halogens is 1. The predicted octanol–water partition coefficient (Wildman–Crippen LogP) is 4.44. The van der Waals surface area contributed by atoms with Crippen molar-refractivity contribution in [3.8, 4) is 16.9 Å². The van der Waals surface area contributed by atoms with Crippen molar-refractivity contribution in [2.24, 2.45) is 0 Å². The Labute approximate surface area is 133 Å². The van der Waals surface area contributed by atoms with E-state index in [2.05, 4.69) is 0 Å². The average molecular weight is 310 g/mol.